The molecule has 3 heteroatoms. The molecule has 3 nitrogen and oxygen atoms in total. The molecule has 2 fully saturated rings. The van der Waals surface area contributed by atoms with Crippen LogP contribution < -0.4 is 4.74 Å². The summed E-state index contributed by atoms with van der Waals surface area (Å²) in [5, 5.41) is 10.7. The first-order valence-electron chi connectivity index (χ1n) is 13.6. The Labute approximate surface area is 203 Å². The highest BCUT2D eigenvalue weighted by atomic mass is 16.5. The van der Waals surface area contributed by atoms with Gasteiger partial charge in [0.2, 0.25) is 0 Å². The molecule has 0 saturated heterocycles. The molecule has 0 spiro atoms. The van der Waals surface area contributed by atoms with Crippen LogP contribution in [0.25, 0.3) is 0 Å². The van der Waals surface area contributed by atoms with E-state index in [4.69, 9.17) is 9.47 Å². The predicted molar refractivity (Wildman–Crippen MR) is 138 cm³/mol. The van der Waals surface area contributed by atoms with Crippen LogP contribution >= 0.6 is 0 Å². The largest absolute Gasteiger partial charge is 0.497 e. The summed E-state index contributed by atoms with van der Waals surface area (Å²) >= 11 is 0. The summed E-state index contributed by atoms with van der Waals surface area (Å²) < 4.78 is 11.6. The van der Waals surface area contributed by atoms with Gasteiger partial charge < -0.3 is 14.6 Å². The highest BCUT2D eigenvalue weighted by Crippen LogP contribution is 2.37. The minimum Gasteiger partial charge on any atom is -0.497 e. The Morgan fingerprint density at radius 1 is 1.06 bits per heavy atom. The van der Waals surface area contributed by atoms with Crippen LogP contribution in [0.3, 0.4) is 0 Å². The zero-order valence-corrected chi connectivity index (χ0v) is 21.4. The molecular formula is C30H48O3. The summed E-state index contributed by atoms with van der Waals surface area (Å²) in [6, 6.07) is 8.67. The highest BCUT2D eigenvalue weighted by Gasteiger charge is 2.32. The van der Waals surface area contributed by atoms with Gasteiger partial charge in [-0.05, 0) is 92.2 Å². The highest BCUT2D eigenvalue weighted by molar-refractivity contribution is 5.29. The van der Waals surface area contributed by atoms with E-state index in [9.17, 15) is 5.11 Å². The van der Waals surface area contributed by atoms with Crippen LogP contribution in [0.2, 0.25) is 0 Å². The number of ether oxygens (including phenoxy) is 2. The summed E-state index contributed by atoms with van der Waals surface area (Å²) in [7, 11) is 1.73. The molecule has 186 valence electrons. The molecule has 0 heterocycles. The molecule has 0 amide bonds. The van der Waals surface area contributed by atoms with E-state index in [0.29, 0.717) is 30.3 Å². The van der Waals surface area contributed by atoms with Gasteiger partial charge in [0, 0.05) is 0 Å². The van der Waals surface area contributed by atoms with E-state index < -0.39 is 0 Å². The molecule has 2 saturated carbocycles. The molecule has 1 aromatic rings. The van der Waals surface area contributed by atoms with Gasteiger partial charge in [-0.15, -0.1) is 6.58 Å². The molecule has 0 aromatic heterocycles. The van der Waals surface area contributed by atoms with Gasteiger partial charge in [0.1, 0.15) is 5.75 Å². The van der Waals surface area contributed by atoms with Crippen LogP contribution in [0.4, 0.5) is 0 Å². The molecule has 0 radical (unpaired) electrons. The number of aliphatic hydroxyl groups excluding tert-OH is 1. The second kappa shape index (κ2) is 13.5. The van der Waals surface area contributed by atoms with Gasteiger partial charge in [-0.3, -0.25) is 0 Å². The van der Waals surface area contributed by atoms with Crippen molar-refractivity contribution in [3.8, 4) is 5.75 Å². The van der Waals surface area contributed by atoms with Gasteiger partial charge in [-0.25, -0.2) is 0 Å². The molecule has 0 bridgehead atoms. The van der Waals surface area contributed by atoms with Gasteiger partial charge in [0.05, 0.1) is 25.9 Å². The third-order valence-electron chi connectivity index (χ3n) is 8.49. The van der Waals surface area contributed by atoms with E-state index in [1.165, 1.54) is 56.9 Å². The Balaban J connectivity index is 1.43. The van der Waals surface area contributed by atoms with Crippen LogP contribution in [0.15, 0.2) is 36.9 Å². The lowest BCUT2D eigenvalue weighted by molar-refractivity contribution is -0.0686. The molecule has 33 heavy (non-hydrogen) atoms. The number of hydrogen-bond donors (Lipinski definition) is 1. The third kappa shape index (κ3) is 8.14. The SMILES string of the molecule is C=CC(C)C1CCC(C)CC1OCC(O)CCC1CCCCC(c2ccc(OC)cc2)CC1. The van der Waals surface area contributed by atoms with E-state index in [1.807, 2.05) is 0 Å². The van der Waals surface area contributed by atoms with E-state index in [-0.39, 0.29) is 12.2 Å². The summed E-state index contributed by atoms with van der Waals surface area (Å²) in [5.41, 5.74) is 1.45. The maximum atomic E-state index is 10.7. The van der Waals surface area contributed by atoms with Crippen molar-refractivity contribution in [2.24, 2.45) is 23.7 Å². The molecule has 1 aromatic carbocycles. The average molecular weight is 457 g/mol. The van der Waals surface area contributed by atoms with Gasteiger partial charge >= 0.3 is 0 Å². The number of allylic oxidation sites excluding steroid dienone is 1. The van der Waals surface area contributed by atoms with Crippen molar-refractivity contribution >= 4 is 0 Å². The van der Waals surface area contributed by atoms with Crippen LogP contribution in [-0.2, 0) is 4.74 Å². The standard InChI is InChI=1S/C30H48O3/c1-5-23(3)29-19-10-22(2)20-30(29)33-21-27(31)16-12-24-8-6-7-9-25(13-11-24)26-14-17-28(32-4)18-15-26/h5,14-15,17-18,22-25,27,29-31H,1,6-13,16,19-21H2,2-4H3. The lowest BCUT2D eigenvalue weighted by Gasteiger charge is -2.37. The number of rotatable bonds is 10. The normalized spacial score (nSPS) is 30.6. The lowest BCUT2D eigenvalue weighted by atomic mass is 9.75. The van der Waals surface area contributed by atoms with Crippen LogP contribution in [0.5, 0.6) is 5.75 Å². The minimum absolute atomic E-state index is 0.267. The van der Waals surface area contributed by atoms with Crippen molar-refractivity contribution in [2.45, 2.75) is 103 Å². The second-order valence-corrected chi connectivity index (χ2v) is 11.0. The van der Waals surface area contributed by atoms with Crippen molar-refractivity contribution in [3.05, 3.63) is 42.5 Å². The molecule has 2 aliphatic carbocycles. The van der Waals surface area contributed by atoms with E-state index in [1.54, 1.807) is 7.11 Å². The quantitative estimate of drug-likeness (QED) is 0.370. The molecule has 0 aliphatic heterocycles. The van der Waals surface area contributed by atoms with Crippen molar-refractivity contribution in [3.63, 3.8) is 0 Å². The van der Waals surface area contributed by atoms with Crippen LogP contribution in [0, 0.1) is 23.7 Å². The zero-order valence-electron chi connectivity index (χ0n) is 21.4. The topological polar surface area (TPSA) is 38.7 Å². The molecule has 7 atom stereocenters. The van der Waals surface area contributed by atoms with E-state index in [2.05, 4.69) is 50.8 Å². The first-order valence-corrected chi connectivity index (χ1v) is 13.6. The number of hydrogen-bond acceptors (Lipinski definition) is 3. The fourth-order valence-corrected chi connectivity index (χ4v) is 6.11. The molecule has 7 unspecified atom stereocenters. The molecule has 3 rings (SSSR count). The third-order valence-corrected chi connectivity index (χ3v) is 8.49. The van der Waals surface area contributed by atoms with Gasteiger partial charge in [-0.1, -0.05) is 57.7 Å². The van der Waals surface area contributed by atoms with Crippen molar-refractivity contribution < 1.29 is 14.6 Å². The first kappa shape index (κ1) is 26.3. The van der Waals surface area contributed by atoms with E-state index >= 15 is 0 Å². The second-order valence-electron chi connectivity index (χ2n) is 11.0. The predicted octanol–water partition coefficient (Wildman–Crippen LogP) is 7.53. The number of aliphatic hydroxyl groups is 1. The monoisotopic (exact) mass is 456 g/mol. The van der Waals surface area contributed by atoms with E-state index in [0.717, 1.165) is 30.9 Å². The minimum atomic E-state index is -0.343. The van der Waals surface area contributed by atoms with Gasteiger partial charge in [0.25, 0.3) is 0 Å². The molecule has 2 aliphatic rings. The summed E-state index contributed by atoms with van der Waals surface area (Å²) in [4.78, 5) is 0. The Morgan fingerprint density at radius 3 is 2.55 bits per heavy atom. The molecular weight excluding hydrogens is 408 g/mol. The zero-order chi connectivity index (χ0) is 23.6. The summed E-state index contributed by atoms with van der Waals surface area (Å²) in [6.07, 6.45) is 15.3. The Bertz CT molecular complexity index is 684. The average Bonchev–Trinajstić information content (AvgIpc) is 2.82. The first-order chi connectivity index (χ1) is 16.0. The van der Waals surface area contributed by atoms with Crippen LogP contribution in [0.1, 0.15) is 96.0 Å². The number of methoxy groups -OCH3 is 1. The smallest absolute Gasteiger partial charge is 0.118 e. The fourth-order valence-electron chi connectivity index (χ4n) is 6.11. The summed E-state index contributed by atoms with van der Waals surface area (Å²) in [6.45, 7) is 9.07. The number of benzene rings is 1. The Morgan fingerprint density at radius 2 is 1.82 bits per heavy atom. The van der Waals surface area contributed by atoms with Gasteiger partial charge in [0.15, 0.2) is 0 Å². The van der Waals surface area contributed by atoms with Crippen molar-refractivity contribution in [1.29, 1.82) is 0 Å². The molecule has 1 N–H and O–H groups in total. The Kier molecular flexibility index (Phi) is 10.8. The van der Waals surface area contributed by atoms with Gasteiger partial charge in [-0.2, -0.15) is 0 Å². The fraction of sp³-hybridized carbons (Fsp3) is 0.733. The van der Waals surface area contributed by atoms with Crippen molar-refractivity contribution in [2.75, 3.05) is 13.7 Å². The van der Waals surface area contributed by atoms with Crippen LogP contribution in [-0.4, -0.2) is 31.0 Å². The Hall–Kier alpha value is -1.32. The lowest BCUT2D eigenvalue weighted by Crippen LogP contribution is -2.36. The van der Waals surface area contributed by atoms with Crippen molar-refractivity contribution in [1.82, 2.24) is 0 Å². The maximum absolute atomic E-state index is 10.7. The summed E-state index contributed by atoms with van der Waals surface area (Å²) in [5.74, 6) is 4.06. The maximum Gasteiger partial charge on any atom is 0.118 e.